The van der Waals surface area contributed by atoms with Crippen molar-refractivity contribution >= 4 is 24.2 Å². The molecule has 0 aliphatic rings. The van der Waals surface area contributed by atoms with Crippen LogP contribution in [0, 0.1) is 0 Å². The van der Waals surface area contributed by atoms with E-state index in [1.165, 1.54) is 0 Å². The summed E-state index contributed by atoms with van der Waals surface area (Å²) in [4.78, 5) is 41.4. The van der Waals surface area contributed by atoms with Crippen molar-refractivity contribution in [2.75, 3.05) is 6.54 Å². The van der Waals surface area contributed by atoms with Gasteiger partial charge in [0.2, 0.25) is 5.96 Å². The average Bonchev–Trinajstić information content (AvgIpc) is 2.31. The lowest BCUT2D eigenvalue weighted by Crippen LogP contribution is -2.50. The summed E-state index contributed by atoms with van der Waals surface area (Å²) in [6, 6.07) is 0. The minimum atomic E-state index is -0.962. The maximum Gasteiger partial charge on any atom is 0.437 e. The number of hydrogen-bond donors (Lipinski definition) is 1. The molecule has 0 unspecified atom stereocenters. The molecule has 1 N–H and O–H groups in total. The minimum absolute atomic E-state index is 0.0896. The highest BCUT2D eigenvalue weighted by Gasteiger charge is 2.29. The molecule has 0 aliphatic heterocycles. The Labute approximate surface area is 161 Å². The Balaban J connectivity index is 5.69. The van der Waals surface area contributed by atoms with Crippen LogP contribution in [-0.2, 0) is 14.2 Å². The van der Waals surface area contributed by atoms with Crippen molar-refractivity contribution in [3.05, 3.63) is 0 Å². The van der Waals surface area contributed by atoms with E-state index in [0.717, 1.165) is 4.90 Å². The quantitative estimate of drug-likeness (QED) is 0.413. The largest absolute Gasteiger partial charge is 0.444 e. The number of amides is 3. The van der Waals surface area contributed by atoms with Gasteiger partial charge < -0.3 is 14.2 Å². The van der Waals surface area contributed by atoms with Crippen molar-refractivity contribution in [3.8, 4) is 0 Å². The number of nitrogens with zero attached hydrogens (tertiary/aromatic N) is 2. The third-order valence-corrected chi connectivity index (χ3v) is 2.39. The zero-order valence-electron chi connectivity index (χ0n) is 18.1. The number of alkyl carbamates (subject to hydrolysis) is 1. The maximum atomic E-state index is 12.4. The van der Waals surface area contributed by atoms with Crippen LogP contribution in [0.15, 0.2) is 4.99 Å². The van der Waals surface area contributed by atoms with Gasteiger partial charge in [-0.15, -0.1) is 4.99 Å². The average molecular weight is 387 g/mol. The van der Waals surface area contributed by atoms with Crippen molar-refractivity contribution in [3.63, 3.8) is 0 Å². The van der Waals surface area contributed by atoms with Crippen LogP contribution in [0.1, 0.15) is 69.2 Å². The van der Waals surface area contributed by atoms with Gasteiger partial charge in [0.1, 0.15) is 16.8 Å². The van der Waals surface area contributed by atoms with Gasteiger partial charge in [-0.1, -0.05) is 0 Å². The molecule has 0 atom stereocenters. The Bertz CT molecular complexity index is 579. The predicted molar refractivity (Wildman–Crippen MR) is 102 cm³/mol. The first-order valence-electron chi connectivity index (χ1n) is 8.75. The molecular formula is C18H33N3O6. The lowest BCUT2D eigenvalue weighted by molar-refractivity contribution is 0.0364. The molecule has 27 heavy (non-hydrogen) atoms. The fraction of sp³-hybridized carbons (Fsp3) is 0.778. The van der Waals surface area contributed by atoms with Crippen LogP contribution in [0.25, 0.3) is 0 Å². The van der Waals surface area contributed by atoms with Crippen LogP contribution in [0.3, 0.4) is 0 Å². The molecule has 3 amide bonds. The Morgan fingerprint density at radius 1 is 0.815 bits per heavy atom. The van der Waals surface area contributed by atoms with Gasteiger partial charge in [0.05, 0.1) is 0 Å². The molecule has 0 bridgehead atoms. The van der Waals surface area contributed by atoms with Crippen LogP contribution >= 0.6 is 0 Å². The zero-order chi connectivity index (χ0) is 21.6. The third-order valence-electron chi connectivity index (χ3n) is 2.39. The number of carbonyl (C=O) groups is 3. The Hall–Kier alpha value is -2.32. The van der Waals surface area contributed by atoms with Crippen LogP contribution in [0.2, 0.25) is 0 Å². The van der Waals surface area contributed by atoms with E-state index >= 15 is 0 Å². The molecule has 0 spiro atoms. The number of hydrogen-bond acceptors (Lipinski definition) is 6. The molecule has 0 rings (SSSR count). The molecule has 0 heterocycles. The van der Waals surface area contributed by atoms with Gasteiger partial charge >= 0.3 is 18.3 Å². The Morgan fingerprint density at radius 2 is 1.26 bits per heavy atom. The van der Waals surface area contributed by atoms with Crippen LogP contribution in [0.5, 0.6) is 0 Å². The topological polar surface area (TPSA) is 107 Å². The van der Waals surface area contributed by atoms with E-state index in [0.29, 0.717) is 0 Å². The number of guanidine groups is 1. The fourth-order valence-corrected chi connectivity index (χ4v) is 1.60. The molecule has 0 aromatic rings. The van der Waals surface area contributed by atoms with Crippen molar-refractivity contribution in [2.45, 2.75) is 86.0 Å². The highest BCUT2D eigenvalue weighted by atomic mass is 16.6. The van der Waals surface area contributed by atoms with Crippen LogP contribution < -0.4 is 5.32 Å². The van der Waals surface area contributed by atoms with E-state index in [2.05, 4.69) is 10.3 Å². The van der Waals surface area contributed by atoms with Gasteiger partial charge in [-0.05, 0) is 69.2 Å². The standard InChI is InChI=1S/C18H33N3O6/c1-11-21(15(24)27-18(8,9)10)12(19-13(22)25-16(2,3)4)20-14(23)26-17(5,6)7/h11H2,1-10H3,(H,19,20,22,23). The third kappa shape index (κ3) is 11.8. The summed E-state index contributed by atoms with van der Waals surface area (Å²) in [7, 11) is 0. The number of nitrogens with one attached hydrogen (secondary N) is 1. The van der Waals surface area contributed by atoms with Crippen LogP contribution in [0.4, 0.5) is 14.4 Å². The number of rotatable bonds is 1. The molecule has 0 fully saturated rings. The van der Waals surface area contributed by atoms with Gasteiger partial charge in [-0.2, -0.15) is 0 Å². The summed E-state index contributed by atoms with van der Waals surface area (Å²) in [5, 5.41) is 2.32. The van der Waals surface area contributed by atoms with E-state index in [1.54, 1.807) is 69.2 Å². The van der Waals surface area contributed by atoms with Gasteiger partial charge in [-0.25, -0.2) is 19.3 Å². The molecule has 0 saturated heterocycles. The smallest absolute Gasteiger partial charge is 0.437 e. The fourth-order valence-electron chi connectivity index (χ4n) is 1.60. The lowest BCUT2D eigenvalue weighted by atomic mass is 10.2. The van der Waals surface area contributed by atoms with E-state index in [1.807, 2.05) is 0 Å². The van der Waals surface area contributed by atoms with Gasteiger partial charge in [-0.3, -0.25) is 5.32 Å². The normalized spacial score (nSPS) is 12.9. The lowest BCUT2D eigenvalue weighted by Gasteiger charge is -2.28. The first-order valence-corrected chi connectivity index (χ1v) is 8.75. The first-order chi connectivity index (χ1) is 11.9. The maximum absolute atomic E-state index is 12.4. The highest BCUT2D eigenvalue weighted by Crippen LogP contribution is 2.12. The Morgan fingerprint density at radius 3 is 1.63 bits per heavy atom. The van der Waals surface area contributed by atoms with Gasteiger partial charge in [0.25, 0.3) is 0 Å². The summed E-state index contributed by atoms with van der Waals surface area (Å²) in [6.07, 6.45) is -2.61. The first kappa shape index (κ1) is 24.7. The van der Waals surface area contributed by atoms with E-state index in [4.69, 9.17) is 14.2 Å². The van der Waals surface area contributed by atoms with Crippen molar-refractivity contribution in [2.24, 2.45) is 4.99 Å². The predicted octanol–water partition coefficient (Wildman–Crippen LogP) is 4.06. The minimum Gasteiger partial charge on any atom is -0.444 e. The van der Waals surface area contributed by atoms with Gasteiger partial charge in [0.15, 0.2) is 0 Å². The summed E-state index contributed by atoms with van der Waals surface area (Å²) < 4.78 is 15.6. The summed E-state index contributed by atoms with van der Waals surface area (Å²) in [6.45, 7) is 16.9. The highest BCUT2D eigenvalue weighted by molar-refractivity contribution is 6.04. The number of carbonyl (C=O) groups excluding carboxylic acids is 3. The van der Waals surface area contributed by atoms with Gasteiger partial charge in [0, 0.05) is 6.54 Å². The molecular weight excluding hydrogens is 354 g/mol. The van der Waals surface area contributed by atoms with E-state index in [-0.39, 0.29) is 12.5 Å². The van der Waals surface area contributed by atoms with Crippen molar-refractivity contribution in [1.29, 1.82) is 0 Å². The molecule has 0 saturated carbocycles. The Kier molecular flexibility index (Phi) is 8.28. The zero-order valence-corrected chi connectivity index (χ0v) is 18.1. The second-order valence-corrected chi connectivity index (χ2v) is 8.77. The second kappa shape index (κ2) is 9.05. The summed E-state index contributed by atoms with van der Waals surface area (Å²) >= 11 is 0. The molecule has 9 heteroatoms. The molecule has 0 aliphatic carbocycles. The van der Waals surface area contributed by atoms with E-state index < -0.39 is 35.1 Å². The van der Waals surface area contributed by atoms with Crippen molar-refractivity contribution in [1.82, 2.24) is 10.2 Å². The number of aliphatic imine (C=N–C) groups is 1. The number of ether oxygens (including phenoxy) is 3. The second-order valence-electron chi connectivity index (χ2n) is 8.77. The molecule has 156 valence electrons. The molecule has 0 radical (unpaired) electrons. The van der Waals surface area contributed by atoms with Crippen molar-refractivity contribution < 1.29 is 28.6 Å². The molecule has 0 aromatic carbocycles. The SMILES string of the molecule is CCN(C(=O)OC(C)(C)C)C(=NC(=O)OC(C)(C)C)NC(=O)OC(C)(C)C. The molecule has 0 aromatic heterocycles. The monoisotopic (exact) mass is 387 g/mol. The van der Waals surface area contributed by atoms with Crippen LogP contribution in [-0.4, -0.2) is 52.5 Å². The van der Waals surface area contributed by atoms with E-state index in [9.17, 15) is 14.4 Å². The summed E-state index contributed by atoms with van der Waals surface area (Å²) in [5.74, 6) is -0.338. The summed E-state index contributed by atoms with van der Waals surface area (Å²) in [5.41, 5.74) is -2.34. The molecule has 9 nitrogen and oxygen atoms in total.